The first kappa shape index (κ1) is 13.8. The summed E-state index contributed by atoms with van der Waals surface area (Å²) in [7, 11) is 1.75. The van der Waals surface area contributed by atoms with Gasteiger partial charge < -0.3 is 16.4 Å². The molecule has 0 aliphatic carbocycles. The molecule has 2 unspecified atom stereocenters. The Kier molecular flexibility index (Phi) is 4.74. The van der Waals surface area contributed by atoms with Crippen molar-refractivity contribution in [2.75, 3.05) is 18.1 Å². The number of carbonyl (C=O) groups excluding carboxylic acids is 1. The molecule has 0 spiro atoms. The molecule has 2 atom stereocenters. The summed E-state index contributed by atoms with van der Waals surface area (Å²) in [4.78, 5) is 16.5. The minimum Gasteiger partial charge on any atom is -0.382 e. The molecular formula is C11H20N4OS. The maximum Gasteiger partial charge on any atom is 0.265 e. The Morgan fingerprint density at radius 3 is 2.65 bits per heavy atom. The molecule has 1 rings (SSSR count). The maximum absolute atomic E-state index is 12.0. The molecule has 1 heterocycles. The van der Waals surface area contributed by atoms with Crippen LogP contribution in [0, 0.1) is 5.92 Å². The SMILES string of the molecule is CCC(C)C(C)NC(=O)c1sc(NC)nc1N. The van der Waals surface area contributed by atoms with Crippen LogP contribution in [0.5, 0.6) is 0 Å². The molecule has 0 saturated carbocycles. The molecule has 0 aromatic carbocycles. The lowest BCUT2D eigenvalue weighted by Gasteiger charge is -2.19. The highest BCUT2D eigenvalue weighted by Gasteiger charge is 2.19. The molecule has 0 fully saturated rings. The van der Waals surface area contributed by atoms with Crippen LogP contribution in [0.3, 0.4) is 0 Å². The van der Waals surface area contributed by atoms with Gasteiger partial charge in [-0.2, -0.15) is 0 Å². The molecule has 0 aliphatic rings. The van der Waals surface area contributed by atoms with E-state index in [0.717, 1.165) is 6.42 Å². The van der Waals surface area contributed by atoms with E-state index >= 15 is 0 Å². The van der Waals surface area contributed by atoms with Gasteiger partial charge in [-0.3, -0.25) is 4.79 Å². The molecule has 0 radical (unpaired) electrons. The van der Waals surface area contributed by atoms with Gasteiger partial charge in [-0.05, 0) is 12.8 Å². The quantitative estimate of drug-likeness (QED) is 0.752. The van der Waals surface area contributed by atoms with Gasteiger partial charge in [0.05, 0.1) is 0 Å². The standard InChI is InChI=1S/C11H20N4OS/c1-5-6(2)7(3)14-10(16)8-9(12)15-11(13-4)17-8/h6-7H,5,12H2,1-4H3,(H,13,15)(H,14,16). The number of carbonyl (C=O) groups is 1. The second-order valence-electron chi connectivity index (χ2n) is 4.13. The van der Waals surface area contributed by atoms with E-state index in [0.29, 0.717) is 15.9 Å². The largest absolute Gasteiger partial charge is 0.382 e. The molecule has 0 saturated heterocycles. The average molecular weight is 256 g/mol. The van der Waals surface area contributed by atoms with Crippen LogP contribution in [-0.4, -0.2) is 24.0 Å². The predicted molar refractivity (Wildman–Crippen MR) is 72.5 cm³/mol. The van der Waals surface area contributed by atoms with Crippen molar-refractivity contribution >= 4 is 28.2 Å². The van der Waals surface area contributed by atoms with E-state index in [1.807, 2.05) is 6.92 Å². The Labute approximate surface area is 106 Å². The molecule has 1 aromatic rings. The van der Waals surface area contributed by atoms with Crippen molar-refractivity contribution in [3.8, 4) is 0 Å². The summed E-state index contributed by atoms with van der Waals surface area (Å²) in [5.74, 6) is 0.583. The number of hydrogen-bond acceptors (Lipinski definition) is 5. The molecule has 0 aliphatic heterocycles. The first-order chi connectivity index (χ1) is 7.99. The molecule has 17 heavy (non-hydrogen) atoms. The fourth-order valence-electron chi connectivity index (χ4n) is 1.37. The molecule has 1 aromatic heterocycles. The van der Waals surface area contributed by atoms with Crippen LogP contribution in [0.2, 0.25) is 0 Å². The van der Waals surface area contributed by atoms with Crippen molar-refractivity contribution in [3.05, 3.63) is 4.88 Å². The summed E-state index contributed by atoms with van der Waals surface area (Å²) in [5.41, 5.74) is 5.70. The summed E-state index contributed by atoms with van der Waals surface area (Å²) in [6, 6.07) is 0.132. The topological polar surface area (TPSA) is 80.0 Å². The molecule has 6 heteroatoms. The zero-order valence-corrected chi connectivity index (χ0v) is 11.5. The summed E-state index contributed by atoms with van der Waals surface area (Å²) in [6.07, 6.45) is 1.03. The summed E-state index contributed by atoms with van der Waals surface area (Å²) < 4.78 is 0. The number of nitrogens with two attached hydrogens (primary N) is 1. The normalized spacial score (nSPS) is 14.1. The van der Waals surface area contributed by atoms with Crippen LogP contribution >= 0.6 is 11.3 Å². The number of nitrogens with one attached hydrogen (secondary N) is 2. The smallest absolute Gasteiger partial charge is 0.265 e. The Balaban J connectivity index is 2.72. The van der Waals surface area contributed by atoms with Gasteiger partial charge in [0.2, 0.25) is 0 Å². The second-order valence-corrected chi connectivity index (χ2v) is 5.13. The number of thiazole rings is 1. The number of anilines is 2. The van der Waals surface area contributed by atoms with Crippen molar-refractivity contribution < 1.29 is 4.79 Å². The van der Waals surface area contributed by atoms with E-state index in [1.165, 1.54) is 11.3 Å². The number of nitrogens with zero attached hydrogens (tertiary/aromatic N) is 1. The fraction of sp³-hybridized carbons (Fsp3) is 0.636. The molecule has 96 valence electrons. The lowest BCUT2D eigenvalue weighted by Crippen LogP contribution is -2.36. The predicted octanol–water partition coefficient (Wildman–Crippen LogP) is 1.93. The van der Waals surface area contributed by atoms with Gasteiger partial charge in [0.15, 0.2) is 5.13 Å². The highest BCUT2D eigenvalue weighted by atomic mass is 32.1. The van der Waals surface area contributed by atoms with Crippen molar-refractivity contribution in [2.24, 2.45) is 5.92 Å². The van der Waals surface area contributed by atoms with Gasteiger partial charge in [-0.25, -0.2) is 4.98 Å². The van der Waals surface area contributed by atoms with Gasteiger partial charge in [0.1, 0.15) is 10.7 Å². The number of hydrogen-bond donors (Lipinski definition) is 3. The summed E-state index contributed by atoms with van der Waals surface area (Å²) >= 11 is 1.27. The van der Waals surface area contributed by atoms with Crippen LogP contribution in [-0.2, 0) is 0 Å². The van der Waals surface area contributed by atoms with Crippen LogP contribution in [0.1, 0.15) is 36.9 Å². The molecule has 1 amide bonds. The van der Waals surface area contributed by atoms with Crippen LogP contribution in [0.25, 0.3) is 0 Å². The maximum atomic E-state index is 12.0. The van der Waals surface area contributed by atoms with E-state index < -0.39 is 0 Å². The van der Waals surface area contributed by atoms with E-state index in [1.54, 1.807) is 7.05 Å². The van der Waals surface area contributed by atoms with Crippen molar-refractivity contribution in [1.29, 1.82) is 0 Å². The van der Waals surface area contributed by atoms with Crippen LogP contribution in [0.4, 0.5) is 10.9 Å². The minimum absolute atomic E-state index is 0.132. The van der Waals surface area contributed by atoms with E-state index in [4.69, 9.17) is 5.73 Å². The van der Waals surface area contributed by atoms with Gasteiger partial charge in [-0.1, -0.05) is 31.6 Å². The van der Waals surface area contributed by atoms with Crippen LogP contribution in [0.15, 0.2) is 0 Å². The highest BCUT2D eigenvalue weighted by Crippen LogP contribution is 2.24. The van der Waals surface area contributed by atoms with Crippen molar-refractivity contribution in [3.63, 3.8) is 0 Å². The van der Waals surface area contributed by atoms with Crippen molar-refractivity contribution in [2.45, 2.75) is 33.2 Å². The number of nitrogen functional groups attached to an aromatic ring is 1. The molecule has 0 bridgehead atoms. The monoisotopic (exact) mass is 256 g/mol. The first-order valence-electron chi connectivity index (χ1n) is 5.74. The number of amides is 1. The molecular weight excluding hydrogens is 236 g/mol. The zero-order chi connectivity index (χ0) is 13.0. The zero-order valence-electron chi connectivity index (χ0n) is 10.7. The van der Waals surface area contributed by atoms with Gasteiger partial charge in [0, 0.05) is 13.1 Å². The highest BCUT2D eigenvalue weighted by molar-refractivity contribution is 7.18. The van der Waals surface area contributed by atoms with Gasteiger partial charge >= 0.3 is 0 Å². The second kappa shape index (κ2) is 5.86. The van der Waals surface area contributed by atoms with Gasteiger partial charge in [-0.15, -0.1) is 0 Å². The third-order valence-corrected chi connectivity index (χ3v) is 4.02. The number of aromatic nitrogens is 1. The van der Waals surface area contributed by atoms with E-state index in [-0.39, 0.29) is 17.8 Å². The molecule has 5 nitrogen and oxygen atoms in total. The first-order valence-corrected chi connectivity index (χ1v) is 6.56. The molecule has 4 N–H and O–H groups in total. The lowest BCUT2D eigenvalue weighted by molar-refractivity contribution is 0.0933. The minimum atomic E-state index is -0.144. The Morgan fingerprint density at radius 2 is 2.18 bits per heavy atom. The van der Waals surface area contributed by atoms with E-state index in [9.17, 15) is 4.79 Å². The van der Waals surface area contributed by atoms with Crippen LogP contribution < -0.4 is 16.4 Å². The summed E-state index contributed by atoms with van der Waals surface area (Å²) in [6.45, 7) is 6.22. The number of rotatable bonds is 5. The van der Waals surface area contributed by atoms with Gasteiger partial charge in [0.25, 0.3) is 5.91 Å². The fourth-order valence-corrected chi connectivity index (χ4v) is 2.11. The van der Waals surface area contributed by atoms with E-state index in [2.05, 4.69) is 29.5 Å². The third-order valence-electron chi connectivity index (χ3n) is 2.93. The lowest BCUT2D eigenvalue weighted by atomic mass is 10.0. The Hall–Kier alpha value is -1.30. The Morgan fingerprint density at radius 1 is 1.53 bits per heavy atom. The summed E-state index contributed by atoms with van der Waals surface area (Å²) in [5, 5.41) is 6.48. The average Bonchev–Trinajstić information content (AvgIpc) is 2.69. The Bertz CT molecular complexity index is 391. The third kappa shape index (κ3) is 3.33. The van der Waals surface area contributed by atoms with Crippen molar-refractivity contribution in [1.82, 2.24) is 10.3 Å².